The van der Waals surface area contributed by atoms with Crippen LogP contribution in [-0.4, -0.2) is 47.0 Å². The van der Waals surface area contributed by atoms with Gasteiger partial charge in [0.15, 0.2) is 12.4 Å². The Morgan fingerprint density at radius 1 is 1.04 bits per heavy atom. The Morgan fingerprint density at radius 3 is 2.11 bits per heavy atom. The molecule has 0 aliphatic carbocycles. The number of carbonyl (C=O) groups excluding carboxylic acids is 2. The van der Waals surface area contributed by atoms with E-state index in [1.165, 1.54) is 6.92 Å². The fourth-order valence-electron chi connectivity index (χ4n) is 2.76. The van der Waals surface area contributed by atoms with Gasteiger partial charge < -0.3 is 19.3 Å². The van der Waals surface area contributed by atoms with Gasteiger partial charge in [0.25, 0.3) is 0 Å². The molecule has 7 heteroatoms. The van der Waals surface area contributed by atoms with Gasteiger partial charge in [0.2, 0.25) is 0 Å². The fraction of sp³-hybridized carbons (Fsp3) is 0.300. The van der Waals surface area contributed by atoms with Crippen molar-refractivity contribution in [3.63, 3.8) is 0 Å². The third-order valence-electron chi connectivity index (χ3n) is 4.31. The first-order chi connectivity index (χ1) is 12.9. The van der Waals surface area contributed by atoms with E-state index < -0.39 is 35.3 Å². The summed E-state index contributed by atoms with van der Waals surface area (Å²) in [5.74, 6) is -1.16. The highest BCUT2D eigenvalue weighted by atomic mass is 35.5. The van der Waals surface area contributed by atoms with Gasteiger partial charge in [-0.05, 0) is 31.2 Å². The Balaban J connectivity index is 1.69. The lowest BCUT2D eigenvalue weighted by Gasteiger charge is -2.26. The van der Waals surface area contributed by atoms with Gasteiger partial charge in [-0.3, -0.25) is 0 Å². The van der Waals surface area contributed by atoms with Crippen molar-refractivity contribution < 1.29 is 28.9 Å². The minimum Gasteiger partial charge on any atom is -0.459 e. The van der Waals surface area contributed by atoms with Crippen LogP contribution >= 0.6 is 11.6 Å². The number of halogens is 1. The maximum Gasteiger partial charge on any atom is 0.338 e. The highest BCUT2D eigenvalue weighted by molar-refractivity contribution is 6.24. The maximum atomic E-state index is 12.4. The minimum atomic E-state index is -1.38. The van der Waals surface area contributed by atoms with E-state index in [0.717, 1.165) is 0 Å². The second-order valence-electron chi connectivity index (χ2n) is 6.33. The molecule has 2 aromatic carbocycles. The monoisotopic (exact) mass is 390 g/mol. The van der Waals surface area contributed by atoms with Gasteiger partial charge in [-0.2, -0.15) is 0 Å². The van der Waals surface area contributed by atoms with Crippen LogP contribution in [0.5, 0.6) is 0 Å². The normalized spacial score (nSPS) is 27.1. The molecular formula is C20H19ClO6. The SMILES string of the molecule is C[C@]1(Cl)C(O)O[C@H](COC(=O)c2ccccc2)[C@H]1OC(=O)c1ccccc1. The molecule has 0 spiro atoms. The first kappa shape index (κ1) is 19.4. The quantitative estimate of drug-likeness (QED) is 0.624. The molecule has 3 rings (SSSR count). The zero-order chi connectivity index (χ0) is 19.4. The number of ether oxygens (including phenoxy) is 3. The first-order valence-electron chi connectivity index (χ1n) is 8.40. The Hall–Kier alpha value is -2.41. The lowest BCUT2D eigenvalue weighted by molar-refractivity contribution is -0.115. The molecule has 0 bridgehead atoms. The van der Waals surface area contributed by atoms with E-state index in [9.17, 15) is 14.7 Å². The maximum absolute atomic E-state index is 12.4. The zero-order valence-electron chi connectivity index (χ0n) is 14.6. The predicted molar refractivity (Wildman–Crippen MR) is 97.5 cm³/mol. The van der Waals surface area contributed by atoms with E-state index >= 15 is 0 Å². The summed E-state index contributed by atoms with van der Waals surface area (Å²) < 4.78 is 16.1. The molecule has 0 aromatic heterocycles. The summed E-state index contributed by atoms with van der Waals surface area (Å²) in [4.78, 5) is 23.1. The van der Waals surface area contributed by atoms with Gasteiger partial charge in [0, 0.05) is 0 Å². The van der Waals surface area contributed by atoms with E-state index in [2.05, 4.69) is 0 Å². The van der Waals surface area contributed by atoms with Crippen LogP contribution in [-0.2, 0) is 14.2 Å². The number of esters is 2. The summed E-state index contributed by atoms with van der Waals surface area (Å²) >= 11 is 6.35. The Bertz CT molecular complexity index is 793. The standard InChI is InChI=1S/C20H19ClO6/c1-20(21)16(27-18(23)14-10-6-3-7-11-14)15(26-19(20)24)12-25-17(22)13-8-4-2-5-9-13/h2-11,15-16,19,24H,12H2,1H3/t15-,16-,19?,20-/m1/s1. The van der Waals surface area contributed by atoms with E-state index in [0.29, 0.717) is 11.1 Å². The molecular weight excluding hydrogens is 372 g/mol. The number of alkyl halides is 1. The van der Waals surface area contributed by atoms with Crippen LogP contribution in [0.4, 0.5) is 0 Å². The molecule has 1 aliphatic rings. The molecule has 1 aliphatic heterocycles. The molecule has 2 aromatic rings. The summed E-state index contributed by atoms with van der Waals surface area (Å²) in [6.07, 6.45) is -3.29. The van der Waals surface area contributed by atoms with Gasteiger partial charge in [0.1, 0.15) is 17.6 Å². The average Bonchev–Trinajstić information content (AvgIpc) is 2.90. The largest absolute Gasteiger partial charge is 0.459 e. The highest BCUT2D eigenvalue weighted by Crippen LogP contribution is 2.38. The van der Waals surface area contributed by atoms with Crippen molar-refractivity contribution in [3.05, 3.63) is 71.8 Å². The van der Waals surface area contributed by atoms with Crippen molar-refractivity contribution in [1.29, 1.82) is 0 Å². The smallest absolute Gasteiger partial charge is 0.338 e. The number of aliphatic hydroxyl groups is 1. The third kappa shape index (κ3) is 4.30. The molecule has 4 atom stereocenters. The topological polar surface area (TPSA) is 82.1 Å². The van der Waals surface area contributed by atoms with Crippen LogP contribution in [0.3, 0.4) is 0 Å². The van der Waals surface area contributed by atoms with E-state index in [4.69, 9.17) is 25.8 Å². The average molecular weight is 391 g/mol. The van der Waals surface area contributed by atoms with E-state index in [1.807, 2.05) is 0 Å². The molecule has 0 amide bonds. The highest BCUT2D eigenvalue weighted by Gasteiger charge is 2.55. The summed E-state index contributed by atoms with van der Waals surface area (Å²) in [6, 6.07) is 16.8. The first-order valence-corrected chi connectivity index (χ1v) is 8.78. The predicted octanol–water partition coefficient (Wildman–Crippen LogP) is 2.78. The molecule has 1 unspecified atom stereocenters. The number of aliphatic hydroxyl groups excluding tert-OH is 1. The van der Waals surface area contributed by atoms with Gasteiger partial charge >= 0.3 is 11.9 Å². The number of rotatable bonds is 5. The van der Waals surface area contributed by atoms with Crippen LogP contribution in [0, 0.1) is 0 Å². The number of hydrogen-bond donors (Lipinski definition) is 1. The Morgan fingerprint density at radius 2 is 1.56 bits per heavy atom. The van der Waals surface area contributed by atoms with Crippen molar-refractivity contribution >= 4 is 23.5 Å². The molecule has 1 fully saturated rings. The lowest BCUT2D eigenvalue weighted by Crippen LogP contribution is -2.44. The van der Waals surface area contributed by atoms with Crippen molar-refractivity contribution in [3.8, 4) is 0 Å². The molecule has 1 saturated heterocycles. The second kappa shape index (κ2) is 8.08. The Labute approximate surface area is 161 Å². The van der Waals surface area contributed by atoms with Crippen molar-refractivity contribution in [2.45, 2.75) is 30.3 Å². The van der Waals surface area contributed by atoms with Gasteiger partial charge in [0.05, 0.1) is 11.1 Å². The molecule has 0 radical (unpaired) electrons. The van der Waals surface area contributed by atoms with Crippen LogP contribution in [0.1, 0.15) is 27.6 Å². The summed E-state index contributed by atoms with van der Waals surface area (Å²) in [6.45, 7) is 1.28. The van der Waals surface area contributed by atoms with Crippen molar-refractivity contribution in [2.75, 3.05) is 6.61 Å². The summed E-state index contributed by atoms with van der Waals surface area (Å²) in [5.41, 5.74) is 0.717. The van der Waals surface area contributed by atoms with Crippen molar-refractivity contribution in [2.24, 2.45) is 0 Å². The second-order valence-corrected chi connectivity index (χ2v) is 7.15. The minimum absolute atomic E-state index is 0.222. The zero-order valence-corrected chi connectivity index (χ0v) is 15.3. The number of carbonyl (C=O) groups is 2. The van der Waals surface area contributed by atoms with Gasteiger partial charge in [-0.1, -0.05) is 36.4 Å². The third-order valence-corrected chi connectivity index (χ3v) is 4.71. The van der Waals surface area contributed by atoms with Gasteiger partial charge in [-0.25, -0.2) is 9.59 Å². The molecule has 0 saturated carbocycles. The molecule has 27 heavy (non-hydrogen) atoms. The summed E-state index contributed by atoms with van der Waals surface area (Å²) in [5, 5.41) is 10.1. The van der Waals surface area contributed by atoms with Crippen LogP contribution in [0.15, 0.2) is 60.7 Å². The van der Waals surface area contributed by atoms with E-state index in [1.54, 1.807) is 60.7 Å². The molecule has 142 valence electrons. The van der Waals surface area contributed by atoms with Crippen LogP contribution in [0.2, 0.25) is 0 Å². The summed E-state index contributed by atoms with van der Waals surface area (Å²) in [7, 11) is 0. The molecule has 1 heterocycles. The lowest BCUT2D eigenvalue weighted by atomic mass is 10.0. The fourth-order valence-corrected chi connectivity index (χ4v) is 3.00. The number of benzene rings is 2. The van der Waals surface area contributed by atoms with Crippen LogP contribution in [0.25, 0.3) is 0 Å². The van der Waals surface area contributed by atoms with E-state index in [-0.39, 0.29) is 6.61 Å². The van der Waals surface area contributed by atoms with Gasteiger partial charge in [-0.15, -0.1) is 11.6 Å². The van der Waals surface area contributed by atoms with Crippen molar-refractivity contribution in [1.82, 2.24) is 0 Å². The van der Waals surface area contributed by atoms with Crippen LogP contribution < -0.4 is 0 Å². The Kier molecular flexibility index (Phi) is 5.79. The molecule has 1 N–H and O–H groups in total. The number of hydrogen-bond acceptors (Lipinski definition) is 6. The molecule has 6 nitrogen and oxygen atoms in total.